The maximum Gasteiger partial charge on any atom is 0.305 e. The molecule has 1 aliphatic rings. The largest absolute Gasteiger partial charge is 0.466 e. The topological polar surface area (TPSA) is 64.5 Å². The fourth-order valence-corrected chi connectivity index (χ4v) is 3.84. The Morgan fingerprint density at radius 1 is 1.22 bits per heavy atom. The van der Waals surface area contributed by atoms with Gasteiger partial charge < -0.3 is 14.4 Å². The molecule has 1 aromatic carbocycles. The van der Waals surface area contributed by atoms with E-state index in [9.17, 15) is 9.18 Å². The SMILES string of the molecule is CCCOC1CCN(c2cc(CCCC(=O)OCC)nc(-c3ccc(Cl)c(F)c3)n2)CC1. The summed E-state index contributed by atoms with van der Waals surface area (Å²) in [6.45, 7) is 6.74. The number of aryl methyl sites for hydroxylation is 1. The van der Waals surface area contributed by atoms with Crippen molar-refractivity contribution in [1.82, 2.24) is 9.97 Å². The monoisotopic (exact) mass is 463 g/mol. The maximum absolute atomic E-state index is 14.1. The number of anilines is 1. The number of hydrogen-bond donors (Lipinski definition) is 0. The number of carbonyl (C=O) groups excluding carboxylic acids is 1. The van der Waals surface area contributed by atoms with E-state index in [1.54, 1.807) is 13.0 Å². The Morgan fingerprint density at radius 2 is 2.00 bits per heavy atom. The Bertz CT molecular complexity index is 904. The Labute approximate surface area is 194 Å². The van der Waals surface area contributed by atoms with Gasteiger partial charge >= 0.3 is 5.97 Å². The molecule has 6 nitrogen and oxygen atoms in total. The van der Waals surface area contributed by atoms with Gasteiger partial charge in [-0.2, -0.15) is 0 Å². The van der Waals surface area contributed by atoms with Crippen LogP contribution >= 0.6 is 11.6 Å². The highest BCUT2D eigenvalue weighted by molar-refractivity contribution is 6.30. The van der Waals surface area contributed by atoms with Gasteiger partial charge in [-0.1, -0.05) is 18.5 Å². The molecule has 1 saturated heterocycles. The van der Waals surface area contributed by atoms with Crippen molar-refractivity contribution in [2.75, 3.05) is 31.2 Å². The van der Waals surface area contributed by atoms with Crippen molar-refractivity contribution >= 4 is 23.4 Å². The molecule has 8 heteroatoms. The first kappa shape index (κ1) is 24.4. The normalized spacial score (nSPS) is 14.6. The van der Waals surface area contributed by atoms with Gasteiger partial charge in [0.25, 0.3) is 0 Å². The van der Waals surface area contributed by atoms with Gasteiger partial charge in [0.2, 0.25) is 0 Å². The second kappa shape index (κ2) is 12.1. The molecule has 1 aliphatic heterocycles. The molecule has 0 amide bonds. The quantitative estimate of drug-likeness (QED) is 0.450. The minimum absolute atomic E-state index is 0.0636. The van der Waals surface area contributed by atoms with E-state index in [0.29, 0.717) is 37.3 Å². The molecule has 0 unspecified atom stereocenters. The number of carbonyl (C=O) groups is 1. The maximum atomic E-state index is 14.1. The highest BCUT2D eigenvalue weighted by atomic mass is 35.5. The highest BCUT2D eigenvalue weighted by Gasteiger charge is 2.22. The van der Waals surface area contributed by atoms with Gasteiger partial charge in [0.05, 0.1) is 17.7 Å². The third-order valence-corrected chi connectivity index (χ3v) is 5.69. The Kier molecular flexibility index (Phi) is 9.23. The van der Waals surface area contributed by atoms with Crippen LogP contribution in [-0.4, -0.2) is 48.3 Å². The third kappa shape index (κ3) is 6.87. The smallest absolute Gasteiger partial charge is 0.305 e. The van der Waals surface area contributed by atoms with E-state index in [2.05, 4.69) is 16.8 Å². The number of rotatable bonds is 10. The summed E-state index contributed by atoms with van der Waals surface area (Å²) in [5.41, 5.74) is 1.38. The number of hydrogen-bond acceptors (Lipinski definition) is 6. The van der Waals surface area contributed by atoms with Gasteiger partial charge in [-0.05, 0) is 57.2 Å². The third-order valence-electron chi connectivity index (χ3n) is 5.39. The van der Waals surface area contributed by atoms with Gasteiger partial charge in [-0.3, -0.25) is 4.79 Å². The average Bonchev–Trinajstić information content (AvgIpc) is 2.80. The summed E-state index contributed by atoms with van der Waals surface area (Å²) < 4.78 is 25.0. The van der Waals surface area contributed by atoms with Crippen LogP contribution in [0.4, 0.5) is 10.2 Å². The average molecular weight is 464 g/mol. The first-order valence-corrected chi connectivity index (χ1v) is 11.7. The molecule has 0 atom stereocenters. The predicted molar refractivity (Wildman–Crippen MR) is 123 cm³/mol. The van der Waals surface area contributed by atoms with E-state index in [1.807, 2.05) is 6.07 Å². The van der Waals surface area contributed by atoms with E-state index in [4.69, 9.17) is 26.1 Å². The number of nitrogens with zero attached hydrogens (tertiary/aromatic N) is 3. The van der Waals surface area contributed by atoms with E-state index >= 15 is 0 Å². The van der Waals surface area contributed by atoms with Crippen LogP contribution in [0.3, 0.4) is 0 Å². The molecular formula is C24H31ClFN3O3. The summed E-state index contributed by atoms with van der Waals surface area (Å²) in [6.07, 6.45) is 4.73. The molecule has 3 rings (SSSR count). The van der Waals surface area contributed by atoms with Gasteiger partial charge in [0.15, 0.2) is 5.82 Å². The molecule has 2 heterocycles. The van der Waals surface area contributed by atoms with E-state index in [1.165, 1.54) is 12.1 Å². The first-order chi connectivity index (χ1) is 15.5. The second-order valence-electron chi connectivity index (χ2n) is 7.89. The molecule has 174 valence electrons. The molecule has 32 heavy (non-hydrogen) atoms. The number of ether oxygens (including phenoxy) is 2. The Morgan fingerprint density at radius 3 is 2.69 bits per heavy atom. The van der Waals surface area contributed by atoms with E-state index in [-0.39, 0.29) is 17.1 Å². The molecule has 2 aromatic rings. The zero-order valence-electron chi connectivity index (χ0n) is 18.8. The molecule has 0 aliphatic carbocycles. The van der Waals surface area contributed by atoms with Gasteiger partial charge in [-0.15, -0.1) is 0 Å². The lowest BCUT2D eigenvalue weighted by molar-refractivity contribution is -0.143. The van der Waals surface area contributed by atoms with Gasteiger partial charge in [-0.25, -0.2) is 14.4 Å². The van der Waals surface area contributed by atoms with Crippen molar-refractivity contribution in [1.29, 1.82) is 0 Å². The molecule has 1 fully saturated rings. The zero-order chi connectivity index (χ0) is 22.9. The van der Waals surface area contributed by atoms with Crippen molar-refractivity contribution in [2.45, 2.75) is 58.5 Å². The van der Waals surface area contributed by atoms with Crippen molar-refractivity contribution < 1.29 is 18.7 Å². The zero-order valence-corrected chi connectivity index (χ0v) is 19.5. The van der Waals surface area contributed by atoms with Gasteiger partial charge in [0, 0.05) is 43.4 Å². The van der Waals surface area contributed by atoms with Crippen molar-refractivity contribution in [2.24, 2.45) is 0 Å². The summed E-state index contributed by atoms with van der Waals surface area (Å²) in [4.78, 5) is 23.3. The lowest BCUT2D eigenvalue weighted by Crippen LogP contribution is -2.37. The predicted octanol–water partition coefficient (Wildman–Crippen LogP) is 5.22. The summed E-state index contributed by atoms with van der Waals surface area (Å²) in [5.74, 6) is 0.547. The number of aromatic nitrogens is 2. The highest BCUT2D eigenvalue weighted by Crippen LogP contribution is 2.26. The van der Waals surface area contributed by atoms with Crippen LogP contribution < -0.4 is 4.90 Å². The Balaban J connectivity index is 1.79. The first-order valence-electron chi connectivity index (χ1n) is 11.4. The minimum Gasteiger partial charge on any atom is -0.466 e. The summed E-state index contributed by atoms with van der Waals surface area (Å²) in [5, 5.41) is 0.0636. The molecular weight excluding hydrogens is 433 g/mol. The molecule has 0 spiro atoms. The summed E-state index contributed by atoms with van der Waals surface area (Å²) in [7, 11) is 0. The fraction of sp³-hybridized carbons (Fsp3) is 0.542. The summed E-state index contributed by atoms with van der Waals surface area (Å²) >= 11 is 5.85. The number of piperidine rings is 1. The van der Waals surface area contributed by atoms with Crippen LogP contribution in [0.5, 0.6) is 0 Å². The number of benzene rings is 1. The minimum atomic E-state index is -0.504. The standard InChI is InChI=1S/C24H31ClFN3O3/c1-3-14-32-19-10-12-29(13-11-19)22-16-18(6-5-7-23(30)31-4-2)27-24(28-22)17-8-9-20(25)21(26)15-17/h8-9,15-16,19H,3-7,10-14H2,1-2H3. The molecule has 0 saturated carbocycles. The van der Waals surface area contributed by atoms with Crippen LogP contribution in [0, 0.1) is 5.82 Å². The van der Waals surface area contributed by atoms with Crippen molar-refractivity contribution in [3.8, 4) is 11.4 Å². The lowest BCUT2D eigenvalue weighted by Gasteiger charge is -2.33. The van der Waals surface area contributed by atoms with Crippen molar-refractivity contribution in [3.63, 3.8) is 0 Å². The summed E-state index contributed by atoms with van der Waals surface area (Å²) in [6, 6.07) is 6.56. The Hall–Kier alpha value is -2.25. The fourth-order valence-electron chi connectivity index (χ4n) is 3.72. The van der Waals surface area contributed by atoms with Crippen LogP contribution in [0.2, 0.25) is 5.02 Å². The van der Waals surface area contributed by atoms with Crippen LogP contribution in [0.1, 0.15) is 51.6 Å². The molecule has 0 radical (unpaired) electrons. The van der Waals surface area contributed by atoms with Gasteiger partial charge in [0.1, 0.15) is 11.6 Å². The van der Waals surface area contributed by atoms with Crippen LogP contribution in [0.15, 0.2) is 24.3 Å². The van der Waals surface area contributed by atoms with E-state index < -0.39 is 5.82 Å². The van der Waals surface area contributed by atoms with E-state index in [0.717, 1.165) is 50.5 Å². The van der Waals surface area contributed by atoms with Crippen LogP contribution in [-0.2, 0) is 20.7 Å². The van der Waals surface area contributed by atoms with Crippen LogP contribution in [0.25, 0.3) is 11.4 Å². The second-order valence-corrected chi connectivity index (χ2v) is 8.29. The molecule has 0 N–H and O–H groups in total. The molecule has 1 aromatic heterocycles. The molecule has 0 bridgehead atoms. The lowest BCUT2D eigenvalue weighted by atomic mass is 10.1. The van der Waals surface area contributed by atoms with Crippen molar-refractivity contribution in [3.05, 3.63) is 40.8 Å². The number of halogens is 2. The number of esters is 1.